The summed E-state index contributed by atoms with van der Waals surface area (Å²) in [6.07, 6.45) is 8.73. The molecular weight excluding hydrogens is 136 g/mol. The average molecular weight is 150 g/mol. The van der Waals surface area contributed by atoms with Gasteiger partial charge in [-0.2, -0.15) is 0 Å². The van der Waals surface area contributed by atoms with E-state index in [0.717, 1.165) is 0 Å². The minimum absolute atomic E-state index is 0.540. The number of allylic oxidation sites excluding steroid dienone is 5. The van der Waals surface area contributed by atoms with Gasteiger partial charge in [0.1, 0.15) is 0 Å². The van der Waals surface area contributed by atoms with Crippen molar-refractivity contribution < 1.29 is 0 Å². The second-order valence-corrected chi connectivity index (χ2v) is 2.01. The highest BCUT2D eigenvalue weighted by atomic mass is 14.7. The van der Waals surface area contributed by atoms with Gasteiger partial charge in [0.25, 0.3) is 0 Å². The largest absolute Gasteiger partial charge is 0.397 e. The number of hydrogen-bond donors (Lipinski definition) is 2. The Morgan fingerprint density at radius 3 is 2.18 bits per heavy atom. The van der Waals surface area contributed by atoms with E-state index in [1.165, 1.54) is 0 Å². The van der Waals surface area contributed by atoms with Crippen LogP contribution in [0.1, 0.15) is 6.92 Å². The van der Waals surface area contributed by atoms with E-state index in [4.69, 9.17) is 11.5 Å². The van der Waals surface area contributed by atoms with Gasteiger partial charge in [-0.3, -0.25) is 0 Å². The maximum absolute atomic E-state index is 5.56. The molecule has 0 radical (unpaired) electrons. The van der Waals surface area contributed by atoms with Crippen LogP contribution in [0.3, 0.4) is 0 Å². The molecule has 0 saturated carbocycles. The lowest BCUT2D eigenvalue weighted by atomic mass is 10.3. The van der Waals surface area contributed by atoms with Crippen LogP contribution in [0.4, 0.5) is 0 Å². The molecule has 0 heterocycles. The molecule has 0 aromatic rings. The second-order valence-electron chi connectivity index (χ2n) is 2.01. The van der Waals surface area contributed by atoms with E-state index >= 15 is 0 Å². The summed E-state index contributed by atoms with van der Waals surface area (Å²) in [5.74, 6) is 0. The fourth-order valence-electron chi connectivity index (χ4n) is 0.519. The average Bonchev–Trinajstić information content (AvgIpc) is 2.00. The molecule has 4 N–H and O–H groups in total. The van der Waals surface area contributed by atoms with E-state index in [-0.39, 0.29) is 0 Å². The maximum atomic E-state index is 5.56. The van der Waals surface area contributed by atoms with Crippen molar-refractivity contribution in [1.29, 1.82) is 0 Å². The summed E-state index contributed by atoms with van der Waals surface area (Å²) in [6.45, 7) is 5.42. The third kappa shape index (κ3) is 4.03. The molecule has 0 aliphatic carbocycles. The van der Waals surface area contributed by atoms with E-state index < -0.39 is 0 Å². The van der Waals surface area contributed by atoms with Gasteiger partial charge >= 0.3 is 0 Å². The molecule has 0 rings (SSSR count). The summed E-state index contributed by atoms with van der Waals surface area (Å²) in [6, 6.07) is 0. The van der Waals surface area contributed by atoms with Crippen molar-refractivity contribution in [1.82, 2.24) is 0 Å². The van der Waals surface area contributed by atoms with Gasteiger partial charge < -0.3 is 11.5 Å². The highest BCUT2D eigenvalue weighted by molar-refractivity contribution is 5.30. The lowest BCUT2D eigenvalue weighted by Gasteiger charge is -1.97. The minimum atomic E-state index is 0.540. The first-order chi connectivity index (χ1) is 5.22. The number of rotatable bonds is 3. The number of nitrogens with two attached hydrogens (primary N) is 2. The Kier molecular flexibility index (Phi) is 4.65. The van der Waals surface area contributed by atoms with E-state index in [9.17, 15) is 0 Å². The Morgan fingerprint density at radius 2 is 1.73 bits per heavy atom. The lowest BCUT2D eigenvalue weighted by molar-refractivity contribution is 1.25. The first-order valence-electron chi connectivity index (χ1n) is 3.39. The van der Waals surface area contributed by atoms with Gasteiger partial charge in [-0.1, -0.05) is 24.8 Å². The summed E-state index contributed by atoms with van der Waals surface area (Å²) >= 11 is 0. The second kappa shape index (κ2) is 5.35. The molecule has 0 fully saturated rings. The molecule has 0 aromatic carbocycles. The van der Waals surface area contributed by atoms with Crippen LogP contribution in [0.5, 0.6) is 0 Å². The van der Waals surface area contributed by atoms with Gasteiger partial charge in [0, 0.05) is 0 Å². The first kappa shape index (κ1) is 9.56. The third-order valence-corrected chi connectivity index (χ3v) is 1.10. The zero-order valence-corrected chi connectivity index (χ0v) is 6.75. The van der Waals surface area contributed by atoms with Crippen LogP contribution in [0.2, 0.25) is 0 Å². The van der Waals surface area contributed by atoms with Gasteiger partial charge in [-0.25, -0.2) is 0 Å². The van der Waals surface area contributed by atoms with Crippen LogP contribution in [0.15, 0.2) is 48.4 Å². The molecule has 0 saturated heterocycles. The monoisotopic (exact) mass is 150 g/mol. The highest BCUT2D eigenvalue weighted by Gasteiger charge is 1.88. The van der Waals surface area contributed by atoms with E-state index in [2.05, 4.69) is 6.58 Å². The van der Waals surface area contributed by atoms with Crippen molar-refractivity contribution in [3.8, 4) is 0 Å². The predicted octanol–water partition coefficient (Wildman–Crippen LogP) is 1.43. The maximum Gasteiger partial charge on any atom is 0.0547 e. The molecule has 0 spiro atoms. The molecular formula is C9H14N2. The molecule has 0 unspecified atom stereocenters. The fourth-order valence-corrected chi connectivity index (χ4v) is 0.519. The van der Waals surface area contributed by atoms with Crippen molar-refractivity contribution in [3.63, 3.8) is 0 Å². The van der Waals surface area contributed by atoms with Crippen molar-refractivity contribution in [2.45, 2.75) is 6.92 Å². The molecule has 0 atom stereocenters. The first-order valence-corrected chi connectivity index (χ1v) is 3.39. The van der Waals surface area contributed by atoms with Crippen LogP contribution >= 0.6 is 0 Å². The van der Waals surface area contributed by atoms with E-state index in [0.29, 0.717) is 11.4 Å². The topological polar surface area (TPSA) is 52.0 Å². The van der Waals surface area contributed by atoms with Crippen molar-refractivity contribution in [3.05, 3.63) is 48.4 Å². The molecule has 0 aromatic heterocycles. The molecule has 0 aliphatic heterocycles. The summed E-state index contributed by atoms with van der Waals surface area (Å²) in [7, 11) is 0. The van der Waals surface area contributed by atoms with E-state index in [1.807, 2.05) is 19.1 Å². The molecule has 11 heavy (non-hydrogen) atoms. The fraction of sp³-hybridized carbons (Fsp3) is 0.111. The zero-order chi connectivity index (χ0) is 8.69. The smallest absolute Gasteiger partial charge is 0.0547 e. The SMILES string of the molecule is C=C\C=C(N)/C(N)=C\C=C/C. The van der Waals surface area contributed by atoms with Crippen LogP contribution in [-0.4, -0.2) is 0 Å². The highest BCUT2D eigenvalue weighted by Crippen LogP contribution is 1.95. The van der Waals surface area contributed by atoms with E-state index in [1.54, 1.807) is 18.2 Å². The molecule has 60 valence electrons. The summed E-state index contributed by atoms with van der Waals surface area (Å²) < 4.78 is 0. The summed E-state index contributed by atoms with van der Waals surface area (Å²) in [4.78, 5) is 0. The van der Waals surface area contributed by atoms with Gasteiger partial charge in [-0.15, -0.1) is 0 Å². The Labute approximate surface area is 67.6 Å². The Balaban J connectivity index is 4.34. The van der Waals surface area contributed by atoms with Crippen LogP contribution in [0, 0.1) is 0 Å². The zero-order valence-electron chi connectivity index (χ0n) is 6.75. The predicted molar refractivity (Wildman–Crippen MR) is 49.6 cm³/mol. The molecule has 2 nitrogen and oxygen atoms in total. The van der Waals surface area contributed by atoms with Gasteiger partial charge in [0.15, 0.2) is 0 Å². The van der Waals surface area contributed by atoms with Crippen molar-refractivity contribution in [2.24, 2.45) is 11.5 Å². The third-order valence-electron chi connectivity index (χ3n) is 1.10. The molecule has 0 aliphatic rings. The van der Waals surface area contributed by atoms with Gasteiger partial charge in [0.2, 0.25) is 0 Å². The molecule has 0 amide bonds. The number of hydrogen-bond acceptors (Lipinski definition) is 2. The molecule has 2 heteroatoms. The van der Waals surface area contributed by atoms with Gasteiger partial charge in [-0.05, 0) is 19.1 Å². The Hall–Kier alpha value is -1.44. The quantitative estimate of drug-likeness (QED) is 0.598. The minimum Gasteiger partial charge on any atom is -0.397 e. The Bertz CT molecular complexity index is 210. The summed E-state index contributed by atoms with van der Waals surface area (Å²) in [5, 5.41) is 0. The van der Waals surface area contributed by atoms with Crippen molar-refractivity contribution >= 4 is 0 Å². The molecule has 0 bridgehead atoms. The lowest BCUT2D eigenvalue weighted by Crippen LogP contribution is -2.08. The standard InChI is InChI=1S/C9H14N2/c1-3-5-7-9(11)8(10)6-4-2/h3-7H,2,10-11H2,1H3/b5-3-,8-6+,9-7+. The van der Waals surface area contributed by atoms with Crippen LogP contribution in [-0.2, 0) is 0 Å². The van der Waals surface area contributed by atoms with Gasteiger partial charge in [0.05, 0.1) is 11.4 Å². The Morgan fingerprint density at radius 1 is 1.18 bits per heavy atom. The van der Waals surface area contributed by atoms with Crippen LogP contribution < -0.4 is 11.5 Å². The normalized spacial score (nSPS) is 13.9. The summed E-state index contributed by atoms with van der Waals surface area (Å²) in [5.41, 5.74) is 12.2. The van der Waals surface area contributed by atoms with Crippen LogP contribution in [0.25, 0.3) is 0 Å². The van der Waals surface area contributed by atoms with Crippen molar-refractivity contribution in [2.75, 3.05) is 0 Å².